The lowest BCUT2D eigenvalue weighted by molar-refractivity contribution is 0.242. The Kier molecular flexibility index (Phi) is 6.06. The standard InChI is InChI=1S/C15H25NO/c1-5-6-10-16-13(4)14-8-7-9-15(11-14)17-12(2)3/h7-9,11-13,16H,5-6,10H2,1-4H3. The highest BCUT2D eigenvalue weighted by molar-refractivity contribution is 5.30. The average Bonchev–Trinajstić information content (AvgIpc) is 2.28. The van der Waals surface area contributed by atoms with E-state index in [1.165, 1.54) is 18.4 Å². The first-order valence-electron chi connectivity index (χ1n) is 6.63. The normalized spacial score (nSPS) is 12.8. The van der Waals surface area contributed by atoms with Crippen molar-refractivity contribution in [1.29, 1.82) is 0 Å². The van der Waals surface area contributed by atoms with Crippen LogP contribution in [0.2, 0.25) is 0 Å². The molecule has 0 spiro atoms. The highest BCUT2D eigenvalue weighted by Gasteiger charge is 2.06. The molecule has 0 heterocycles. The first-order valence-corrected chi connectivity index (χ1v) is 6.63. The van der Waals surface area contributed by atoms with Crippen LogP contribution in [0.15, 0.2) is 24.3 Å². The number of rotatable bonds is 7. The maximum absolute atomic E-state index is 5.70. The quantitative estimate of drug-likeness (QED) is 0.723. The van der Waals surface area contributed by atoms with Crippen LogP contribution in [-0.2, 0) is 0 Å². The van der Waals surface area contributed by atoms with Crippen LogP contribution in [0, 0.1) is 0 Å². The molecule has 0 aliphatic heterocycles. The molecule has 1 rings (SSSR count). The molecule has 0 aliphatic carbocycles. The van der Waals surface area contributed by atoms with Crippen molar-refractivity contribution in [2.45, 2.75) is 52.7 Å². The van der Waals surface area contributed by atoms with E-state index in [0.29, 0.717) is 6.04 Å². The zero-order valence-electron chi connectivity index (χ0n) is 11.5. The number of unbranched alkanes of at least 4 members (excludes halogenated alkanes) is 1. The molecule has 0 bridgehead atoms. The van der Waals surface area contributed by atoms with Crippen LogP contribution in [0.1, 0.15) is 52.1 Å². The van der Waals surface area contributed by atoms with E-state index in [0.717, 1.165) is 12.3 Å². The van der Waals surface area contributed by atoms with Crippen LogP contribution in [0.5, 0.6) is 5.75 Å². The lowest BCUT2D eigenvalue weighted by Crippen LogP contribution is -2.19. The highest BCUT2D eigenvalue weighted by atomic mass is 16.5. The summed E-state index contributed by atoms with van der Waals surface area (Å²) in [6, 6.07) is 8.74. The third kappa shape index (κ3) is 5.22. The molecule has 0 fully saturated rings. The average molecular weight is 235 g/mol. The van der Waals surface area contributed by atoms with E-state index in [9.17, 15) is 0 Å². The topological polar surface area (TPSA) is 21.3 Å². The Balaban J connectivity index is 2.57. The second kappa shape index (κ2) is 7.33. The monoisotopic (exact) mass is 235 g/mol. The van der Waals surface area contributed by atoms with Crippen molar-refractivity contribution >= 4 is 0 Å². The van der Waals surface area contributed by atoms with Crippen LogP contribution in [0.3, 0.4) is 0 Å². The van der Waals surface area contributed by atoms with Gasteiger partial charge in [0, 0.05) is 6.04 Å². The minimum Gasteiger partial charge on any atom is -0.491 e. The number of nitrogens with one attached hydrogen (secondary N) is 1. The van der Waals surface area contributed by atoms with Crippen LogP contribution >= 0.6 is 0 Å². The number of ether oxygens (including phenoxy) is 1. The van der Waals surface area contributed by atoms with Crippen LogP contribution in [-0.4, -0.2) is 12.6 Å². The molecule has 0 amide bonds. The fourth-order valence-corrected chi connectivity index (χ4v) is 1.74. The van der Waals surface area contributed by atoms with E-state index < -0.39 is 0 Å². The lowest BCUT2D eigenvalue weighted by atomic mass is 10.1. The SMILES string of the molecule is CCCCNC(C)c1cccc(OC(C)C)c1. The van der Waals surface area contributed by atoms with Gasteiger partial charge in [-0.1, -0.05) is 25.5 Å². The van der Waals surface area contributed by atoms with Gasteiger partial charge in [-0.15, -0.1) is 0 Å². The molecule has 0 aliphatic rings. The third-order valence-corrected chi connectivity index (χ3v) is 2.71. The van der Waals surface area contributed by atoms with E-state index >= 15 is 0 Å². The summed E-state index contributed by atoms with van der Waals surface area (Å²) in [7, 11) is 0. The van der Waals surface area contributed by atoms with Crippen LogP contribution in [0.4, 0.5) is 0 Å². The van der Waals surface area contributed by atoms with Crippen molar-refractivity contribution in [3.05, 3.63) is 29.8 Å². The van der Waals surface area contributed by atoms with Crippen molar-refractivity contribution in [2.24, 2.45) is 0 Å². The largest absolute Gasteiger partial charge is 0.491 e. The summed E-state index contributed by atoms with van der Waals surface area (Å²) in [6.45, 7) is 9.59. The molecular weight excluding hydrogens is 210 g/mol. The van der Waals surface area contributed by atoms with Gasteiger partial charge in [0.15, 0.2) is 0 Å². The van der Waals surface area contributed by atoms with Crippen molar-refractivity contribution < 1.29 is 4.74 Å². The van der Waals surface area contributed by atoms with E-state index in [1.807, 2.05) is 6.07 Å². The molecule has 17 heavy (non-hydrogen) atoms. The fraction of sp³-hybridized carbons (Fsp3) is 0.600. The molecule has 2 heteroatoms. The van der Waals surface area contributed by atoms with Gasteiger partial charge < -0.3 is 10.1 Å². The van der Waals surface area contributed by atoms with E-state index in [2.05, 4.69) is 51.2 Å². The summed E-state index contributed by atoms with van der Waals surface area (Å²) in [4.78, 5) is 0. The maximum atomic E-state index is 5.70. The Morgan fingerprint density at radius 3 is 2.65 bits per heavy atom. The van der Waals surface area contributed by atoms with Gasteiger partial charge in [0.25, 0.3) is 0 Å². The van der Waals surface area contributed by atoms with Gasteiger partial charge in [0.1, 0.15) is 5.75 Å². The summed E-state index contributed by atoms with van der Waals surface area (Å²) in [5, 5.41) is 3.52. The Morgan fingerprint density at radius 1 is 1.24 bits per heavy atom. The minimum absolute atomic E-state index is 0.230. The lowest BCUT2D eigenvalue weighted by Gasteiger charge is -2.16. The Labute approximate surface area is 105 Å². The molecule has 0 saturated carbocycles. The Bertz CT molecular complexity index is 322. The Hall–Kier alpha value is -1.02. The maximum Gasteiger partial charge on any atom is 0.120 e. The van der Waals surface area contributed by atoms with Crippen molar-refractivity contribution in [3.8, 4) is 5.75 Å². The predicted molar refractivity (Wildman–Crippen MR) is 73.5 cm³/mol. The zero-order chi connectivity index (χ0) is 12.7. The second-order valence-corrected chi connectivity index (χ2v) is 4.77. The van der Waals surface area contributed by atoms with E-state index in [1.54, 1.807) is 0 Å². The van der Waals surface area contributed by atoms with Crippen molar-refractivity contribution in [1.82, 2.24) is 5.32 Å². The molecule has 0 saturated heterocycles. The Morgan fingerprint density at radius 2 is 2.00 bits per heavy atom. The molecule has 1 aromatic rings. The van der Waals surface area contributed by atoms with Gasteiger partial charge in [-0.2, -0.15) is 0 Å². The van der Waals surface area contributed by atoms with Gasteiger partial charge >= 0.3 is 0 Å². The minimum atomic E-state index is 0.230. The van der Waals surface area contributed by atoms with Gasteiger partial charge in [0.2, 0.25) is 0 Å². The summed E-state index contributed by atoms with van der Waals surface area (Å²) in [5.74, 6) is 0.960. The molecule has 1 aromatic carbocycles. The van der Waals surface area contributed by atoms with Crippen molar-refractivity contribution in [2.75, 3.05) is 6.54 Å². The molecule has 1 atom stereocenters. The van der Waals surface area contributed by atoms with Gasteiger partial charge in [-0.25, -0.2) is 0 Å². The molecular formula is C15H25NO. The third-order valence-electron chi connectivity index (χ3n) is 2.71. The first-order chi connectivity index (χ1) is 8.13. The summed E-state index contributed by atoms with van der Waals surface area (Å²) >= 11 is 0. The second-order valence-electron chi connectivity index (χ2n) is 4.77. The molecule has 0 aromatic heterocycles. The zero-order valence-corrected chi connectivity index (χ0v) is 11.5. The smallest absolute Gasteiger partial charge is 0.120 e. The molecule has 1 N–H and O–H groups in total. The molecule has 2 nitrogen and oxygen atoms in total. The van der Waals surface area contributed by atoms with Gasteiger partial charge in [0.05, 0.1) is 6.10 Å². The van der Waals surface area contributed by atoms with Gasteiger partial charge in [-0.05, 0) is 51.4 Å². The van der Waals surface area contributed by atoms with Gasteiger partial charge in [-0.3, -0.25) is 0 Å². The highest BCUT2D eigenvalue weighted by Crippen LogP contribution is 2.20. The van der Waals surface area contributed by atoms with E-state index in [-0.39, 0.29) is 6.10 Å². The molecule has 0 radical (unpaired) electrons. The summed E-state index contributed by atoms with van der Waals surface area (Å²) in [5.41, 5.74) is 1.29. The molecule has 1 unspecified atom stereocenters. The van der Waals surface area contributed by atoms with Crippen LogP contribution in [0.25, 0.3) is 0 Å². The summed E-state index contributed by atoms with van der Waals surface area (Å²) in [6.07, 6.45) is 2.69. The molecule has 96 valence electrons. The number of benzene rings is 1. The van der Waals surface area contributed by atoms with E-state index in [4.69, 9.17) is 4.74 Å². The van der Waals surface area contributed by atoms with Crippen molar-refractivity contribution in [3.63, 3.8) is 0 Å². The predicted octanol–water partition coefficient (Wildman–Crippen LogP) is 3.92. The number of hydrogen-bond acceptors (Lipinski definition) is 2. The van der Waals surface area contributed by atoms with Crippen LogP contribution < -0.4 is 10.1 Å². The number of hydrogen-bond donors (Lipinski definition) is 1. The first kappa shape index (κ1) is 14.0. The fourth-order valence-electron chi connectivity index (χ4n) is 1.74. The summed E-state index contributed by atoms with van der Waals surface area (Å²) < 4.78 is 5.70.